The molecule has 1 aliphatic rings. The van der Waals surface area contributed by atoms with Gasteiger partial charge in [0.2, 0.25) is 0 Å². The minimum Gasteiger partial charge on any atom is -0.365 e. The number of unbranched alkanes of at least 4 members (excludes halogenated alkanes) is 1. The summed E-state index contributed by atoms with van der Waals surface area (Å²) in [6.45, 7) is 13.6. The molecule has 1 fully saturated rings. The summed E-state index contributed by atoms with van der Waals surface area (Å²) in [7, 11) is 0. The molecule has 2 heterocycles. The molecular weight excluding hydrogens is 286 g/mol. The second kappa shape index (κ2) is 6.73. The summed E-state index contributed by atoms with van der Waals surface area (Å²) in [5.74, 6) is 0.923. The Bertz CT molecular complexity index is 607. The molecule has 0 aliphatic carbocycles. The second-order valence-corrected chi connectivity index (χ2v) is 7.29. The summed E-state index contributed by atoms with van der Waals surface area (Å²) in [6, 6.07) is 0. The number of primary amides is 1. The lowest BCUT2D eigenvalue weighted by Gasteiger charge is -2.34. The number of pyridine rings is 1. The van der Waals surface area contributed by atoms with Gasteiger partial charge in [0, 0.05) is 18.3 Å². The van der Waals surface area contributed by atoms with Crippen LogP contribution >= 0.6 is 0 Å². The van der Waals surface area contributed by atoms with Crippen LogP contribution in [0.3, 0.4) is 0 Å². The summed E-state index contributed by atoms with van der Waals surface area (Å²) < 4.78 is 0. The maximum Gasteiger partial charge on any atom is 0.252 e. The quantitative estimate of drug-likeness (QED) is 0.869. The van der Waals surface area contributed by atoms with Crippen LogP contribution in [-0.4, -0.2) is 23.0 Å². The highest BCUT2D eigenvalue weighted by atomic mass is 16.1. The largest absolute Gasteiger partial charge is 0.365 e. The molecule has 0 aromatic carbocycles. The van der Waals surface area contributed by atoms with E-state index in [1.54, 1.807) is 6.08 Å². The zero-order chi connectivity index (χ0) is 17.2. The van der Waals surface area contributed by atoms with Crippen molar-refractivity contribution in [2.45, 2.75) is 58.9 Å². The Hall–Kier alpha value is -1.84. The molecule has 1 aromatic heterocycles. The fourth-order valence-corrected chi connectivity index (χ4v) is 3.77. The molecule has 4 nitrogen and oxygen atoms in total. The van der Waals surface area contributed by atoms with E-state index in [1.807, 2.05) is 6.20 Å². The van der Waals surface area contributed by atoms with Gasteiger partial charge in [-0.25, -0.2) is 4.98 Å². The van der Waals surface area contributed by atoms with E-state index in [0.29, 0.717) is 11.5 Å². The van der Waals surface area contributed by atoms with Gasteiger partial charge < -0.3 is 10.6 Å². The molecule has 0 saturated carbocycles. The minimum absolute atomic E-state index is 0.0195. The minimum atomic E-state index is -0.391. The predicted octanol–water partition coefficient (Wildman–Crippen LogP) is 3.79. The lowest BCUT2D eigenvalue weighted by atomic mass is 9.95. The van der Waals surface area contributed by atoms with Gasteiger partial charge >= 0.3 is 0 Å². The van der Waals surface area contributed by atoms with Crippen LogP contribution < -0.4 is 10.6 Å². The standard InChI is InChI=1S/C19H29N3O/c1-6-8-9-15-14(7-2)11-21-18(16(15)17(20)23)22-12-13(3)10-19(22,4)5/h7,11,13H,2,6,8-10,12H2,1,3-5H3,(H2,20,23)/t13-/m0/s1. The van der Waals surface area contributed by atoms with E-state index in [1.165, 1.54) is 0 Å². The van der Waals surface area contributed by atoms with Crippen LogP contribution in [0.5, 0.6) is 0 Å². The number of rotatable bonds is 6. The third-order valence-electron chi connectivity index (χ3n) is 4.78. The molecule has 0 radical (unpaired) electrons. The Labute approximate surface area is 139 Å². The van der Waals surface area contributed by atoms with Crippen molar-refractivity contribution in [3.63, 3.8) is 0 Å². The molecule has 1 atom stereocenters. The number of carbonyl (C=O) groups is 1. The molecule has 1 saturated heterocycles. The molecule has 1 aliphatic heterocycles. The highest BCUT2D eigenvalue weighted by Crippen LogP contribution is 2.38. The average Bonchev–Trinajstić information content (AvgIpc) is 2.76. The summed E-state index contributed by atoms with van der Waals surface area (Å²) >= 11 is 0. The van der Waals surface area contributed by atoms with E-state index >= 15 is 0 Å². The van der Waals surface area contributed by atoms with Gasteiger partial charge in [-0.15, -0.1) is 0 Å². The number of nitrogens with zero attached hydrogens (tertiary/aromatic N) is 2. The predicted molar refractivity (Wildman–Crippen MR) is 96.7 cm³/mol. The third kappa shape index (κ3) is 3.41. The summed E-state index contributed by atoms with van der Waals surface area (Å²) in [4.78, 5) is 19.1. The monoisotopic (exact) mass is 315 g/mol. The Balaban J connectivity index is 2.60. The maximum atomic E-state index is 12.2. The topological polar surface area (TPSA) is 59.2 Å². The van der Waals surface area contributed by atoms with Crippen LogP contribution in [-0.2, 0) is 6.42 Å². The number of hydrogen-bond acceptors (Lipinski definition) is 3. The number of carbonyl (C=O) groups excluding carboxylic acids is 1. The van der Waals surface area contributed by atoms with Crippen LogP contribution in [0.2, 0.25) is 0 Å². The Morgan fingerprint density at radius 1 is 1.57 bits per heavy atom. The molecule has 2 N–H and O–H groups in total. The Kier molecular flexibility index (Phi) is 5.12. The first-order chi connectivity index (χ1) is 10.8. The Morgan fingerprint density at radius 3 is 2.74 bits per heavy atom. The van der Waals surface area contributed by atoms with Crippen molar-refractivity contribution in [1.29, 1.82) is 0 Å². The van der Waals surface area contributed by atoms with Crippen molar-refractivity contribution in [3.05, 3.63) is 29.5 Å². The van der Waals surface area contributed by atoms with E-state index in [0.717, 1.165) is 49.2 Å². The molecule has 0 unspecified atom stereocenters. The van der Waals surface area contributed by atoms with Crippen molar-refractivity contribution in [1.82, 2.24) is 4.98 Å². The number of hydrogen-bond donors (Lipinski definition) is 1. The molecule has 1 aromatic rings. The van der Waals surface area contributed by atoms with Crippen molar-refractivity contribution in [3.8, 4) is 0 Å². The summed E-state index contributed by atoms with van der Waals surface area (Å²) in [5.41, 5.74) is 8.24. The van der Waals surface area contributed by atoms with Crippen molar-refractivity contribution in [2.24, 2.45) is 11.7 Å². The lowest BCUT2D eigenvalue weighted by molar-refractivity contribution is 0.0999. The average molecular weight is 315 g/mol. The van der Waals surface area contributed by atoms with E-state index in [-0.39, 0.29) is 5.54 Å². The van der Waals surface area contributed by atoms with Crippen LogP contribution in [0.4, 0.5) is 5.82 Å². The second-order valence-electron chi connectivity index (χ2n) is 7.29. The first-order valence-corrected chi connectivity index (χ1v) is 8.53. The lowest BCUT2D eigenvalue weighted by Crippen LogP contribution is -2.40. The molecule has 1 amide bonds. The molecular formula is C19H29N3O. The Morgan fingerprint density at radius 2 is 2.26 bits per heavy atom. The van der Waals surface area contributed by atoms with E-state index in [4.69, 9.17) is 5.73 Å². The SMILES string of the molecule is C=Cc1cnc(N2C[C@@H](C)CC2(C)C)c(C(N)=O)c1CCCC. The van der Waals surface area contributed by atoms with E-state index in [9.17, 15) is 4.79 Å². The number of anilines is 1. The van der Waals surface area contributed by atoms with Crippen molar-refractivity contribution in [2.75, 3.05) is 11.4 Å². The fourth-order valence-electron chi connectivity index (χ4n) is 3.77. The number of nitrogens with two attached hydrogens (primary N) is 1. The van der Waals surface area contributed by atoms with Crippen molar-refractivity contribution >= 4 is 17.8 Å². The van der Waals surface area contributed by atoms with Crippen LogP contribution in [0, 0.1) is 5.92 Å². The molecule has 4 heteroatoms. The summed E-state index contributed by atoms with van der Waals surface area (Å²) in [6.07, 6.45) is 7.60. The first-order valence-electron chi connectivity index (χ1n) is 8.53. The molecule has 23 heavy (non-hydrogen) atoms. The van der Waals surface area contributed by atoms with Gasteiger partial charge in [0.05, 0.1) is 5.56 Å². The smallest absolute Gasteiger partial charge is 0.252 e. The highest BCUT2D eigenvalue weighted by Gasteiger charge is 2.39. The van der Waals surface area contributed by atoms with Gasteiger partial charge in [0.25, 0.3) is 5.91 Å². The molecule has 126 valence electrons. The highest BCUT2D eigenvalue weighted by molar-refractivity contribution is 6.00. The van der Waals surface area contributed by atoms with Gasteiger partial charge in [-0.2, -0.15) is 0 Å². The molecule has 0 bridgehead atoms. The number of amides is 1. The zero-order valence-electron chi connectivity index (χ0n) is 14.9. The van der Waals surface area contributed by atoms with Gasteiger partial charge in [0.15, 0.2) is 0 Å². The van der Waals surface area contributed by atoms with E-state index in [2.05, 4.69) is 44.2 Å². The molecule has 0 spiro atoms. The zero-order valence-corrected chi connectivity index (χ0v) is 14.9. The molecule has 2 rings (SSSR count). The van der Waals surface area contributed by atoms with Gasteiger partial charge in [-0.05, 0) is 50.2 Å². The van der Waals surface area contributed by atoms with Crippen LogP contribution in [0.1, 0.15) is 68.4 Å². The van der Waals surface area contributed by atoms with Crippen molar-refractivity contribution < 1.29 is 4.79 Å². The van der Waals surface area contributed by atoms with Gasteiger partial charge in [0.1, 0.15) is 5.82 Å². The number of aromatic nitrogens is 1. The van der Waals surface area contributed by atoms with Crippen LogP contribution in [0.25, 0.3) is 6.08 Å². The third-order valence-corrected chi connectivity index (χ3v) is 4.78. The van der Waals surface area contributed by atoms with Gasteiger partial charge in [-0.3, -0.25) is 4.79 Å². The maximum absolute atomic E-state index is 12.2. The first kappa shape index (κ1) is 17.5. The summed E-state index contributed by atoms with van der Waals surface area (Å²) in [5, 5.41) is 0. The normalized spacial score (nSPS) is 19.8. The van der Waals surface area contributed by atoms with Crippen LogP contribution in [0.15, 0.2) is 12.8 Å². The van der Waals surface area contributed by atoms with Gasteiger partial charge in [-0.1, -0.05) is 32.9 Å². The fraction of sp³-hybridized carbons (Fsp3) is 0.579. The van der Waals surface area contributed by atoms with E-state index < -0.39 is 5.91 Å².